The summed E-state index contributed by atoms with van der Waals surface area (Å²) in [5, 5.41) is 10.6. The fraction of sp³-hybridized carbons (Fsp3) is 0.333. The number of halogens is 1. The summed E-state index contributed by atoms with van der Waals surface area (Å²) in [5.41, 5.74) is 3.58. The molecule has 172 valence electrons. The minimum Gasteiger partial charge on any atom is -0.376 e. The quantitative estimate of drug-likeness (QED) is 0.569. The number of nitrogens with zero attached hydrogens (tertiary/aromatic N) is 4. The zero-order valence-corrected chi connectivity index (χ0v) is 19.5. The van der Waals surface area contributed by atoms with Crippen molar-refractivity contribution in [3.63, 3.8) is 0 Å². The molecule has 33 heavy (non-hydrogen) atoms. The third kappa shape index (κ3) is 5.51. The van der Waals surface area contributed by atoms with E-state index in [1.165, 1.54) is 12.7 Å². The number of hydrogen-bond acceptors (Lipinski definition) is 5. The van der Waals surface area contributed by atoms with Crippen LogP contribution in [-0.2, 0) is 4.79 Å². The van der Waals surface area contributed by atoms with Gasteiger partial charge in [0.25, 0.3) is 5.91 Å². The van der Waals surface area contributed by atoms with Crippen molar-refractivity contribution in [2.24, 2.45) is 5.92 Å². The van der Waals surface area contributed by atoms with Gasteiger partial charge in [-0.05, 0) is 67.6 Å². The van der Waals surface area contributed by atoms with Crippen LogP contribution < -0.4 is 10.6 Å². The van der Waals surface area contributed by atoms with E-state index in [4.69, 9.17) is 11.6 Å². The van der Waals surface area contributed by atoms with E-state index in [0.717, 1.165) is 30.8 Å². The largest absolute Gasteiger partial charge is 0.376 e. The number of benzene rings is 2. The fourth-order valence-corrected chi connectivity index (χ4v) is 4.23. The summed E-state index contributed by atoms with van der Waals surface area (Å²) in [5.74, 6) is 0.365. The van der Waals surface area contributed by atoms with Gasteiger partial charge in [-0.15, -0.1) is 0 Å². The normalized spacial score (nSPS) is 15.8. The molecule has 1 aliphatic heterocycles. The fourth-order valence-electron chi connectivity index (χ4n) is 4.06. The molecule has 0 spiro atoms. The second-order valence-electron chi connectivity index (χ2n) is 8.43. The molecule has 1 atom stereocenters. The van der Waals surface area contributed by atoms with Crippen LogP contribution in [-0.4, -0.2) is 51.1 Å². The van der Waals surface area contributed by atoms with E-state index in [9.17, 15) is 9.59 Å². The van der Waals surface area contributed by atoms with Gasteiger partial charge in [0.05, 0.1) is 17.9 Å². The van der Waals surface area contributed by atoms with E-state index in [2.05, 4.69) is 27.6 Å². The zero-order valence-electron chi connectivity index (χ0n) is 18.7. The van der Waals surface area contributed by atoms with Crippen LogP contribution in [0.25, 0.3) is 5.69 Å². The van der Waals surface area contributed by atoms with Gasteiger partial charge in [0, 0.05) is 29.4 Å². The second-order valence-corrected chi connectivity index (χ2v) is 8.87. The first-order valence-corrected chi connectivity index (χ1v) is 11.4. The first-order chi connectivity index (χ1) is 15.9. The topological polar surface area (TPSA) is 92.2 Å². The molecule has 9 heteroatoms. The molecule has 1 unspecified atom stereocenters. The molecule has 1 fully saturated rings. The summed E-state index contributed by atoms with van der Waals surface area (Å²) in [4.78, 5) is 31.4. The summed E-state index contributed by atoms with van der Waals surface area (Å²) in [6.07, 6.45) is 5.19. The van der Waals surface area contributed by atoms with Gasteiger partial charge in [-0.25, -0.2) is 9.67 Å². The summed E-state index contributed by atoms with van der Waals surface area (Å²) in [6, 6.07) is 10.7. The molecule has 2 N–H and O–H groups in total. The summed E-state index contributed by atoms with van der Waals surface area (Å²) in [7, 11) is 0. The maximum Gasteiger partial charge on any atom is 0.253 e. The van der Waals surface area contributed by atoms with Crippen molar-refractivity contribution in [2.75, 3.05) is 30.3 Å². The Kier molecular flexibility index (Phi) is 6.93. The number of likely N-dealkylation sites (tertiary alicyclic amines) is 1. The maximum atomic E-state index is 12.9. The van der Waals surface area contributed by atoms with Gasteiger partial charge in [-0.3, -0.25) is 9.59 Å². The number of aromatic nitrogens is 3. The number of carbonyl (C=O) groups is 2. The first-order valence-electron chi connectivity index (χ1n) is 11.0. The Hall–Kier alpha value is -3.39. The summed E-state index contributed by atoms with van der Waals surface area (Å²) >= 11 is 6.12. The van der Waals surface area contributed by atoms with Gasteiger partial charge in [-0.2, -0.15) is 5.10 Å². The van der Waals surface area contributed by atoms with Crippen molar-refractivity contribution in [3.05, 3.63) is 65.2 Å². The van der Waals surface area contributed by atoms with Gasteiger partial charge in [-0.1, -0.05) is 18.5 Å². The molecule has 8 nitrogen and oxygen atoms in total. The molecule has 1 aromatic heterocycles. The van der Waals surface area contributed by atoms with Crippen molar-refractivity contribution < 1.29 is 9.59 Å². The van der Waals surface area contributed by atoms with Gasteiger partial charge in [0.1, 0.15) is 12.7 Å². The molecule has 1 saturated heterocycles. The van der Waals surface area contributed by atoms with E-state index in [1.54, 1.807) is 29.2 Å². The van der Waals surface area contributed by atoms with Crippen LogP contribution in [0.5, 0.6) is 0 Å². The Balaban J connectivity index is 1.39. The van der Waals surface area contributed by atoms with Crippen LogP contribution in [0.15, 0.2) is 49.1 Å². The second kappa shape index (κ2) is 10.0. The Morgan fingerprint density at radius 1 is 1.18 bits per heavy atom. The molecular formula is C24H27ClN6O2. The number of aryl methyl sites for hydroxylation is 1. The lowest BCUT2D eigenvalue weighted by Crippen LogP contribution is -2.39. The van der Waals surface area contributed by atoms with Crippen LogP contribution >= 0.6 is 11.6 Å². The predicted molar refractivity (Wildman–Crippen MR) is 129 cm³/mol. The Bertz CT molecular complexity index is 1150. The lowest BCUT2D eigenvalue weighted by Gasteiger charge is -2.31. The molecule has 3 aromatic rings. The predicted octanol–water partition coefficient (Wildman–Crippen LogP) is 4.15. The number of hydrogen-bond donors (Lipinski definition) is 2. The highest BCUT2D eigenvalue weighted by molar-refractivity contribution is 6.31. The van der Waals surface area contributed by atoms with Crippen LogP contribution in [0.3, 0.4) is 0 Å². The Morgan fingerprint density at radius 2 is 2.03 bits per heavy atom. The van der Waals surface area contributed by atoms with E-state index < -0.39 is 0 Å². The summed E-state index contributed by atoms with van der Waals surface area (Å²) in [6.45, 7) is 5.78. The van der Waals surface area contributed by atoms with Gasteiger partial charge < -0.3 is 15.5 Å². The SMILES string of the molecule is Cc1cc(C(=O)N2CCCC(C)C2)ccc1NCC(=O)Nc1cc(Cl)ccc1-n1cncn1. The molecular weight excluding hydrogens is 440 g/mol. The van der Waals surface area contributed by atoms with E-state index in [1.807, 2.05) is 30.0 Å². The molecule has 0 aliphatic carbocycles. The molecule has 0 saturated carbocycles. The third-order valence-electron chi connectivity index (χ3n) is 5.76. The minimum absolute atomic E-state index is 0.0566. The number of amides is 2. The molecule has 2 aromatic carbocycles. The lowest BCUT2D eigenvalue weighted by atomic mass is 9.99. The third-order valence-corrected chi connectivity index (χ3v) is 5.99. The number of piperidine rings is 1. The van der Waals surface area contributed by atoms with Crippen LogP contribution in [0.4, 0.5) is 11.4 Å². The molecule has 0 radical (unpaired) electrons. The lowest BCUT2D eigenvalue weighted by molar-refractivity contribution is -0.114. The highest BCUT2D eigenvalue weighted by atomic mass is 35.5. The number of rotatable bonds is 6. The smallest absolute Gasteiger partial charge is 0.253 e. The number of anilines is 2. The van der Waals surface area contributed by atoms with E-state index in [0.29, 0.717) is 27.9 Å². The van der Waals surface area contributed by atoms with Crippen LogP contribution in [0.2, 0.25) is 5.02 Å². The van der Waals surface area contributed by atoms with Crippen molar-refractivity contribution in [1.82, 2.24) is 19.7 Å². The Labute approximate surface area is 198 Å². The van der Waals surface area contributed by atoms with Gasteiger partial charge in [0.2, 0.25) is 5.91 Å². The summed E-state index contributed by atoms with van der Waals surface area (Å²) < 4.78 is 1.56. The number of carbonyl (C=O) groups excluding carboxylic acids is 2. The van der Waals surface area contributed by atoms with E-state index in [-0.39, 0.29) is 18.4 Å². The molecule has 0 bridgehead atoms. The number of nitrogens with one attached hydrogen (secondary N) is 2. The highest BCUT2D eigenvalue weighted by Crippen LogP contribution is 2.24. The molecule has 4 rings (SSSR count). The molecule has 2 heterocycles. The van der Waals surface area contributed by atoms with Crippen molar-refractivity contribution in [1.29, 1.82) is 0 Å². The standard InChI is InChI=1S/C24H27ClN6O2/c1-16-4-3-9-30(13-16)24(33)18-5-7-20(17(2)10-18)27-12-23(32)29-21-11-19(25)6-8-22(21)31-15-26-14-28-31/h5-8,10-11,14-16,27H,3-4,9,12-13H2,1-2H3,(H,29,32). The average molecular weight is 467 g/mol. The average Bonchev–Trinajstić information content (AvgIpc) is 3.32. The molecule has 1 aliphatic rings. The van der Waals surface area contributed by atoms with E-state index >= 15 is 0 Å². The zero-order chi connectivity index (χ0) is 23.4. The first kappa shape index (κ1) is 22.8. The Morgan fingerprint density at radius 3 is 2.76 bits per heavy atom. The maximum absolute atomic E-state index is 12.9. The van der Waals surface area contributed by atoms with Crippen LogP contribution in [0.1, 0.15) is 35.7 Å². The monoisotopic (exact) mass is 466 g/mol. The van der Waals surface area contributed by atoms with Crippen molar-refractivity contribution >= 4 is 34.8 Å². The molecule has 2 amide bonds. The highest BCUT2D eigenvalue weighted by Gasteiger charge is 2.22. The van der Waals surface area contributed by atoms with Crippen molar-refractivity contribution in [2.45, 2.75) is 26.7 Å². The minimum atomic E-state index is -0.236. The van der Waals surface area contributed by atoms with Gasteiger partial charge >= 0.3 is 0 Å². The van der Waals surface area contributed by atoms with Crippen molar-refractivity contribution in [3.8, 4) is 5.69 Å². The van der Waals surface area contributed by atoms with Gasteiger partial charge in [0.15, 0.2) is 0 Å². The van der Waals surface area contributed by atoms with Crippen LogP contribution in [0, 0.1) is 12.8 Å².